The maximum absolute atomic E-state index is 11.6. The molecule has 0 unspecified atom stereocenters. The maximum Gasteiger partial charge on any atom is 0.256 e. The van der Waals surface area contributed by atoms with Crippen molar-refractivity contribution >= 4 is 28.1 Å². The van der Waals surface area contributed by atoms with Crippen molar-refractivity contribution < 1.29 is 15.5 Å². The Kier molecular flexibility index (Phi) is 1.56. The fourth-order valence-electron chi connectivity index (χ4n) is 2.02. The van der Waals surface area contributed by atoms with E-state index in [0.29, 0.717) is 5.56 Å². The van der Waals surface area contributed by atoms with Gasteiger partial charge >= 0.3 is 0 Å². The van der Waals surface area contributed by atoms with Gasteiger partial charge in [-0.25, -0.2) is 5.21 Å². The summed E-state index contributed by atoms with van der Waals surface area (Å²) in [6, 6.07) is 9.09. The summed E-state index contributed by atoms with van der Waals surface area (Å²) >= 11 is 0. The molecule has 0 atom stereocenters. The third-order valence-electron chi connectivity index (χ3n) is 2.71. The molecule has 4 N–H and O–H groups in total. The molecule has 1 heterocycles. The Morgan fingerprint density at radius 1 is 1.20 bits per heavy atom. The quantitative estimate of drug-likeness (QED) is 0.476. The van der Waals surface area contributed by atoms with Crippen molar-refractivity contribution in [3.8, 4) is 0 Å². The molecule has 4 heteroatoms. The summed E-state index contributed by atoms with van der Waals surface area (Å²) in [7, 11) is 0. The number of hydrogen-bond acceptors (Lipinski definition) is 2. The molecule has 0 aromatic heterocycles. The molecule has 0 saturated heterocycles. The summed E-state index contributed by atoms with van der Waals surface area (Å²) in [5, 5.41) is 13.6. The van der Waals surface area contributed by atoms with Gasteiger partial charge in [-0.1, -0.05) is 6.07 Å². The number of hydrogen-bond donors (Lipinski definition) is 3. The summed E-state index contributed by atoms with van der Waals surface area (Å²) < 4.78 is 0. The number of carbonyl (C=O) groups is 1. The van der Waals surface area contributed by atoms with Crippen LogP contribution in [-0.2, 0) is 0 Å². The molecule has 1 amide bonds. The number of quaternary nitrogens is 1. The van der Waals surface area contributed by atoms with Crippen LogP contribution in [0.5, 0.6) is 0 Å². The number of carbonyl (C=O) groups excluding carboxylic acids is 1. The zero-order valence-corrected chi connectivity index (χ0v) is 7.82. The number of rotatable bonds is 1. The SMILES string of the molecule is O=C1Nc2ccc([NH2+]O)c3cccc1c23. The molecule has 1 aliphatic rings. The average Bonchev–Trinajstić information content (AvgIpc) is 2.59. The predicted molar refractivity (Wildman–Crippen MR) is 55.3 cm³/mol. The van der Waals surface area contributed by atoms with E-state index in [9.17, 15) is 4.79 Å². The Bertz CT molecular complexity index is 578. The van der Waals surface area contributed by atoms with Crippen molar-refractivity contribution in [2.45, 2.75) is 0 Å². The van der Waals surface area contributed by atoms with Gasteiger partial charge in [0.2, 0.25) is 0 Å². The van der Waals surface area contributed by atoms with Crippen molar-refractivity contribution in [3.63, 3.8) is 0 Å². The van der Waals surface area contributed by atoms with Crippen LogP contribution in [0.15, 0.2) is 30.3 Å². The van der Waals surface area contributed by atoms with Gasteiger partial charge in [0.25, 0.3) is 5.91 Å². The van der Waals surface area contributed by atoms with E-state index in [4.69, 9.17) is 5.21 Å². The number of benzene rings is 2. The fourth-order valence-corrected chi connectivity index (χ4v) is 2.02. The lowest BCUT2D eigenvalue weighted by Gasteiger charge is -2.01. The van der Waals surface area contributed by atoms with Gasteiger partial charge < -0.3 is 5.32 Å². The number of amides is 1. The fraction of sp³-hybridized carbons (Fsp3) is 0. The molecule has 0 radical (unpaired) electrons. The minimum atomic E-state index is -0.0781. The third-order valence-corrected chi connectivity index (χ3v) is 2.71. The summed E-state index contributed by atoms with van der Waals surface area (Å²) in [6.07, 6.45) is 0. The van der Waals surface area contributed by atoms with Crippen LogP contribution in [-0.4, -0.2) is 11.1 Å². The molecular formula is C11H9N2O2+. The van der Waals surface area contributed by atoms with Gasteiger partial charge in [0.15, 0.2) is 5.69 Å². The third kappa shape index (κ3) is 1.000. The molecule has 0 saturated carbocycles. The molecule has 0 bridgehead atoms. The van der Waals surface area contributed by atoms with E-state index in [2.05, 4.69) is 5.32 Å². The van der Waals surface area contributed by atoms with Gasteiger partial charge in [0.1, 0.15) is 0 Å². The molecule has 0 fully saturated rings. The molecule has 2 aromatic carbocycles. The first kappa shape index (κ1) is 8.40. The summed E-state index contributed by atoms with van der Waals surface area (Å²) in [6.45, 7) is 0. The second kappa shape index (κ2) is 2.79. The molecule has 3 rings (SSSR count). The van der Waals surface area contributed by atoms with Crippen LogP contribution in [0.4, 0.5) is 11.4 Å². The highest BCUT2D eigenvalue weighted by molar-refractivity contribution is 6.25. The van der Waals surface area contributed by atoms with E-state index in [0.717, 1.165) is 27.6 Å². The average molecular weight is 201 g/mol. The summed E-state index contributed by atoms with van der Waals surface area (Å²) in [4.78, 5) is 11.6. The van der Waals surface area contributed by atoms with Gasteiger partial charge in [-0.2, -0.15) is 5.48 Å². The van der Waals surface area contributed by atoms with E-state index in [1.165, 1.54) is 0 Å². The first-order valence-electron chi connectivity index (χ1n) is 4.66. The van der Waals surface area contributed by atoms with Gasteiger partial charge in [-0.3, -0.25) is 4.79 Å². The smallest absolute Gasteiger partial charge is 0.256 e. The largest absolute Gasteiger partial charge is 0.321 e. The van der Waals surface area contributed by atoms with E-state index < -0.39 is 0 Å². The second-order valence-electron chi connectivity index (χ2n) is 3.51. The second-order valence-corrected chi connectivity index (χ2v) is 3.51. The van der Waals surface area contributed by atoms with Crippen LogP contribution in [0.3, 0.4) is 0 Å². The van der Waals surface area contributed by atoms with Gasteiger partial charge in [0.05, 0.1) is 5.69 Å². The van der Waals surface area contributed by atoms with Crippen molar-refractivity contribution in [3.05, 3.63) is 35.9 Å². The van der Waals surface area contributed by atoms with Crippen LogP contribution in [0.1, 0.15) is 10.4 Å². The van der Waals surface area contributed by atoms with E-state index >= 15 is 0 Å². The van der Waals surface area contributed by atoms with Crippen LogP contribution in [0.2, 0.25) is 0 Å². The normalized spacial score (nSPS) is 13.3. The topological polar surface area (TPSA) is 65.9 Å². The van der Waals surface area contributed by atoms with Crippen molar-refractivity contribution in [1.29, 1.82) is 0 Å². The van der Waals surface area contributed by atoms with Crippen molar-refractivity contribution in [2.75, 3.05) is 5.32 Å². The van der Waals surface area contributed by atoms with E-state index in [1.54, 1.807) is 18.2 Å². The van der Waals surface area contributed by atoms with Crippen LogP contribution in [0, 0.1) is 0 Å². The van der Waals surface area contributed by atoms with Gasteiger partial charge in [0, 0.05) is 22.4 Å². The first-order valence-corrected chi connectivity index (χ1v) is 4.66. The Morgan fingerprint density at radius 2 is 2.07 bits per heavy atom. The molecule has 2 aromatic rings. The lowest BCUT2D eigenvalue weighted by atomic mass is 10.0. The molecule has 4 nitrogen and oxygen atoms in total. The monoisotopic (exact) mass is 201 g/mol. The number of nitrogens with one attached hydrogen (secondary N) is 1. The maximum atomic E-state index is 11.6. The van der Waals surface area contributed by atoms with Gasteiger partial charge in [-0.05, 0) is 18.2 Å². The summed E-state index contributed by atoms with van der Waals surface area (Å²) in [5.41, 5.74) is 3.28. The lowest BCUT2D eigenvalue weighted by Crippen LogP contribution is -2.73. The molecular weight excluding hydrogens is 192 g/mol. The Hall–Kier alpha value is -1.91. The minimum absolute atomic E-state index is 0.0781. The molecule has 1 aliphatic heterocycles. The first-order chi connectivity index (χ1) is 7.31. The van der Waals surface area contributed by atoms with E-state index in [-0.39, 0.29) is 5.91 Å². The number of nitrogens with two attached hydrogens (primary N) is 1. The van der Waals surface area contributed by atoms with Crippen LogP contribution < -0.4 is 10.8 Å². The van der Waals surface area contributed by atoms with Crippen LogP contribution in [0.25, 0.3) is 10.8 Å². The zero-order chi connectivity index (χ0) is 10.4. The lowest BCUT2D eigenvalue weighted by molar-refractivity contribution is -0.824. The summed E-state index contributed by atoms with van der Waals surface area (Å²) in [5.74, 6) is -0.0781. The zero-order valence-electron chi connectivity index (χ0n) is 7.82. The highest BCUT2D eigenvalue weighted by Gasteiger charge is 2.22. The predicted octanol–water partition coefficient (Wildman–Crippen LogP) is 0.990. The molecule has 0 spiro atoms. The van der Waals surface area contributed by atoms with Crippen LogP contribution >= 0.6 is 0 Å². The Morgan fingerprint density at radius 3 is 2.87 bits per heavy atom. The highest BCUT2D eigenvalue weighted by atomic mass is 16.5. The van der Waals surface area contributed by atoms with Gasteiger partial charge in [-0.15, -0.1) is 0 Å². The Labute approximate surface area is 85.5 Å². The van der Waals surface area contributed by atoms with Crippen molar-refractivity contribution in [1.82, 2.24) is 0 Å². The van der Waals surface area contributed by atoms with E-state index in [1.807, 2.05) is 12.1 Å². The molecule has 74 valence electrons. The molecule has 0 aliphatic carbocycles. The Balaban J connectivity index is 2.50. The molecule has 15 heavy (non-hydrogen) atoms. The highest BCUT2D eigenvalue weighted by Crippen LogP contribution is 2.35. The minimum Gasteiger partial charge on any atom is -0.321 e. The number of anilines is 1. The standard InChI is InChI=1S/C11H8N2O2/c14-11-7-3-1-2-6-8(13-15)4-5-9(12-11)10(6)7/h1-5,13,15H,(H,12,14)/p+1. The van der Waals surface area contributed by atoms with Crippen molar-refractivity contribution in [2.24, 2.45) is 0 Å².